The van der Waals surface area contributed by atoms with E-state index >= 15 is 0 Å². The largest absolute Gasteiger partial charge is 0.385 e. The average Bonchev–Trinajstić information content (AvgIpc) is 2.46. The summed E-state index contributed by atoms with van der Waals surface area (Å²) in [4.78, 5) is 4.29. The van der Waals surface area contributed by atoms with E-state index in [1.165, 1.54) is 0 Å². The second-order valence-electron chi connectivity index (χ2n) is 3.24. The number of nitrogen functional groups attached to an aromatic ring is 1. The molecule has 14 heavy (non-hydrogen) atoms. The van der Waals surface area contributed by atoms with Crippen LogP contribution in [-0.2, 0) is 6.42 Å². The standard InChI is InChI=1S/C10H12ClN3/c1-2-4-9-13-10(11)7-5-3-6-8(12)14(7)9/h3,5-6H,2,4,12H2,1H3. The van der Waals surface area contributed by atoms with E-state index in [1.807, 2.05) is 22.6 Å². The van der Waals surface area contributed by atoms with Gasteiger partial charge in [-0.2, -0.15) is 0 Å². The Morgan fingerprint density at radius 3 is 3.00 bits per heavy atom. The molecule has 0 unspecified atom stereocenters. The molecule has 0 aliphatic heterocycles. The third-order valence-electron chi connectivity index (χ3n) is 2.19. The Morgan fingerprint density at radius 1 is 1.50 bits per heavy atom. The lowest BCUT2D eigenvalue weighted by atomic mass is 10.3. The van der Waals surface area contributed by atoms with Crippen LogP contribution in [-0.4, -0.2) is 9.38 Å². The number of nitrogens with two attached hydrogens (primary N) is 1. The minimum Gasteiger partial charge on any atom is -0.385 e. The molecule has 0 aliphatic carbocycles. The van der Waals surface area contributed by atoms with Gasteiger partial charge < -0.3 is 5.73 Å². The summed E-state index contributed by atoms with van der Waals surface area (Å²) in [5.41, 5.74) is 6.75. The van der Waals surface area contributed by atoms with Crippen LogP contribution in [0.4, 0.5) is 5.82 Å². The van der Waals surface area contributed by atoms with Gasteiger partial charge in [-0.25, -0.2) is 4.98 Å². The van der Waals surface area contributed by atoms with Crippen LogP contribution in [0, 0.1) is 0 Å². The predicted molar refractivity (Wildman–Crippen MR) is 58.6 cm³/mol. The Labute approximate surface area is 87.5 Å². The predicted octanol–water partition coefficient (Wildman–Crippen LogP) is 2.52. The molecule has 0 saturated heterocycles. The average molecular weight is 210 g/mol. The first-order valence-corrected chi connectivity index (χ1v) is 5.03. The van der Waals surface area contributed by atoms with Crippen LogP contribution in [0.5, 0.6) is 0 Å². The molecule has 0 fully saturated rings. The van der Waals surface area contributed by atoms with Gasteiger partial charge in [0.15, 0.2) is 5.15 Å². The number of halogens is 1. The first-order valence-electron chi connectivity index (χ1n) is 4.65. The van der Waals surface area contributed by atoms with E-state index in [2.05, 4.69) is 11.9 Å². The molecule has 0 bridgehead atoms. The molecule has 4 heteroatoms. The van der Waals surface area contributed by atoms with Gasteiger partial charge in [-0.1, -0.05) is 24.6 Å². The summed E-state index contributed by atoms with van der Waals surface area (Å²) in [6, 6.07) is 5.66. The Balaban J connectivity index is 2.72. The highest BCUT2D eigenvalue weighted by molar-refractivity contribution is 6.32. The number of anilines is 1. The van der Waals surface area contributed by atoms with Crippen molar-refractivity contribution in [3.8, 4) is 0 Å². The molecule has 2 aromatic rings. The van der Waals surface area contributed by atoms with Crippen molar-refractivity contribution in [1.29, 1.82) is 0 Å². The normalized spacial score (nSPS) is 11.0. The van der Waals surface area contributed by atoms with E-state index in [1.54, 1.807) is 0 Å². The Morgan fingerprint density at radius 2 is 2.29 bits per heavy atom. The zero-order valence-corrected chi connectivity index (χ0v) is 8.75. The number of hydrogen-bond acceptors (Lipinski definition) is 2. The van der Waals surface area contributed by atoms with E-state index in [0.717, 1.165) is 24.2 Å². The number of hydrogen-bond donors (Lipinski definition) is 1. The zero-order valence-electron chi connectivity index (χ0n) is 8.00. The van der Waals surface area contributed by atoms with Gasteiger partial charge in [0.05, 0.1) is 5.52 Å². The number of aromatic nitrogens is 2. The second-order valence-corrected chi connectivity index (χ2v) is 3.60. The smallest absolute Gasteiger partial charge is 0.155 e. The number of imidazole rings is 1. The van der Waals surface area contributed by atoms with Gasteiger partial charge in [-0.3, -0.25) is 4.40 Å². The third-order valence-corrected chi connectivity index (χ3v) is 2.47. The van der Waals surface area contributed by atoms with Gasteiger partial charge >= 0.3 is 0 Å². The van der Waals surface area contributed by atoms with Crippen molar-refractivity contribution < 1.29 is 0 Å². The van der Waals surface area contributed by atoms with Crippen LogP contribution in [0.15, 0.2) is 18.2 Å². The fourth-order valence-electron chi connectivity index (χ4n) is 1.59. The van der Waals surface area contributed by atoms with Crippen molar-refractivity contribution in [2.45, 2.75) is 19.8 Å². The highest BCUT2D eigenvalue weighted by Gasteiger charge is 2.09. The molecule has 74 valence electrons. The molecular weight excluding hydrogens is 198 g/mol. The first-order chi connectivity index (χ1) is 6.74. The van der Waals surface area contributed by atoms with Gasteiger partial charge in [0, 0.05) is 6.42 Å². The van der Waals surface area contributed by atoms with Crippen molar-refractivity contribution in [2.75, 3.05) is 5.73 Å². The summed E-state index contributed by atoms with van der Waals surface area (Å²) in [6.45, 7) is 2.11. The molecule has 3 nitrogen and oxygen atoms in total. The lowest BCUT2D eigenvalue weighted by Crippen LogP contribution is -2.00. The molecule has 2 N–H and O–H groups in total. The van der Waals surface area contributed by atoms with Crippen LogP contribution in [0.25, 0.3) is 5.52 Å². The van der Waals surface area contributed by atoms with Crippen molar-refractivity contribution in [1.82, 2.24) is 9.38 Å². The van der Waals surface area contributed by atoms with E-state index in [9.17, 15) is 0 Å². The topological polar surface area (TPSA) is 43.3 Å². The molecule has 0 spiro atoms. The van der Waals surface area contributed by atoms with Crippen LogP contribution in [0.1, 0.15) is 19.2 Å². The Kier molecular flexibility index (Phi) is 2.33. The van der Waals surface area contributed by atoms with Crippen LogP contribution in [0.3, 0.4) is 0 Å². The molecule has 0 aliphatic rings. The summed E-state index contributed by atoms with van der Waals surface area (Å²) >= 11 is 6.00. The highest BCUT2D eigenvalue weighted by Crippen LogP contribution is 2.21. The van der Waals surface area contributed by atoms with Gasteiger partial charge in [-0.15, -0.1) is 0 Å². The quantitative estimate of drug-likeness (QED) is 0.826. The van der Waals surface area contributed by atoms with Crippen LogP contribution < -0.4 is 5.73 Å². The Hall–Kier alpha value is -1.22. The summed E-state index contributed by atoms with van der Waals surface area (Å²) in [6.07, 6.45) is 1.92. The minimum absolute atomic E-state index is 0.528. The summed E-state index contributed by atoms with van der Waals surface area (Å²) in [5.74, 6) is 1.62. The fraction of sp³-hybridized carbons (Fsp3) is 0.300. The summed E-state index contributed by atoms with van der Waals surface area (Å²) < 4.78 is 1.91. The van der Waals surface area contributed by atoms with E-state index in [4.69, 9.17) is 17.3 Å². The monoisotopic (exact) mass is 209 g/mol. The summed E-state index contributed by atoms with van der Waals surface area (Å²) in [5, 5.41) is 0.528. The number of pyridine rings is 1. The minimum atomic E-state index is 0.528. The Bertz CT molecular complexity index is 462. The number of aryl methyl sites for hydroxylation is 1. The first kappa shape index (κ1) is 9.34. The maximum atomic E-state index is 6.00. The molecule has 2 heterocycles. The number of rotatable bonds is 2. The SMILES string of the molecule is CCCc1nc(Cl)c2cccc(N)n12. The lowest BCUT2D eigenvalue weighted by Gasteiger charge is -2.02. The molecule has 0 amide bonds. The zero-order chi connectivity index (χ0) is 10.1. The van der Waals surface area contributed by atoms with Gasteiger partial charge in [0.2, 0.25) is 0 Å². The van der Waals surface area contributed by atoms with Gasteiger partial charge in [0.25, 0.3) is 0 Å². The highest BCUT2D eigenvalue weighted by atomic mass is 35.5. The fourth-order valence-corrected chi connectivity index (χ4v) is 1.83. The summed E-state index contributed by atoms with van der Waals surface area (Å²) in [7, 11) is 0. The van der Waals surface area contributed by atoms with Crippen molar-refractivity contribution in [3.63, 3.8) is 0 Å². The number of nitrogens with zero attached hydrogens (tertiary/aromatic N) is 2. The second kappa shape index (κ2) is 3.50. The molecular formula is C10H12ClN3. The maximum absolute atomic E-state index is 6.00. The van der Waals surface area contributed by atoms with Gasteiger partial charge in [0.1, 0.15) is 11.6 Å². The maximum Gasteiger partial charge on any atom is 0.155 e. The molecule has 0 aromatic carbocycles. The molecule has 2 rings (SSSR count). The van der Waals surface area contributed by atoms with Crippen molar-refractivity contribution in [3.05, 3.63) is 29.2 Å². The van der Waals surface area contributed by atoms with E-state index in [0.29, 0.717) is 11.0 Å². The van der Waals surface area contributed by atoms with Crippen LogP contribution in [0.2, 0.25) is 5.15 Å². The molecule has 0 radical (unpaired) electrons. The van der Waals surface area contributed by atoms with Crippen molar-refractivity contribution >= 4 is 22.9 Å². The van der Waals surface area contributed by atoms with Crippen molar-refractivity contribution in [2.24, 2.45) is 0 Å². The van der Waals surface area contributed by atoms with E-state index < -0.39 is 0 Å². The molecule has 2 aromatic heterocycles. The lowest BCUT2D eigenvalue weighted by molar-refractivity contribution is 0.834. The number of fused-ring (bicyclic) bond motifs is 1. The van der Waals surface area contributed by atoms with Gasteiger partial charge in [-0.05, 0) is 18.6 Å². The molecule has 0 saturated carbocycles. The third kappa shape index (κ3) is 1.34. The van der Waals surface area contributed by atoms with E-state index in [-0.39, 0.29) is 0 Å². The van der Waals surface area contributed by atoms with Crippen LogP contribution >= 0.6 is 11.6 Å². The molecule has 0 atom stereocenters.